The molecule has 4 nitrogen and oxygen atoms in total. The minimum atomic E-state index is 0. The topological polar surface area (TPSA) is 67.6 Å². The molecule has 0 aliphatic heterocycles. The molecule has 2 rings (SSSR count). The highest BCUT2D eigenvalue weighted by Crippen LogP contribution is 2.15. The Kier molecular flexibility index (Phi) is 3.62. The Labute approximate surface area is 88.0 Å². The standard InChI is InChI=1S/C9H10N4.ClH/c10-5-8-4-9(13-12-8)7-2-1-3-11-6-7;/h1-4,6H,5,10H2,(H,12,13);1H. The normalized spacial score (nSPS) is 9.50. The van der Waals surface area contributed by atoms with Gasteiger partial charge < -0.3 is 5.73 Å². The SMILES string of the molecule is Cl.NCc1cc(-c2cccnc2)n[nH]1. The van der Waals surface area contributed by atoms with Crippen molar-refractivity contribution in [1.82, 2.24) is 15.2 Å². The number of hydrogen-bond donors (Lipinski definition) is 2. The second-order valence-electron chi connectivity index (χ2n) is 2.72. The molecule has 2 heterocycles. The number of hydrogen-bond acceptors (Lipinski definition) is 3. The second-order valence-corrected chi connectivity index (χ2v) is 2.72. The monoisotopic (exact) mass is 210 g/mol. The van der Waals surface area contributed by atoms with Gasteiger partial charge in [-0.1, -0.05) is 0 Å². The summed E-state index contributed by atoms with van der Waals surface area (Å²) < 4.78 is 0. The fourth-order valence-corrected chi connectivity index (χ4v) is 1.13. The number of nitrogens with two attached hydrogens (primary N) is 1. The van der Waals surface area contributed by atoms with Gasteiger partial charge in [0, 0.05) is 30.2 Å². The van der Waals surface area contributed by atoms with Crippen LogP contribution >= 0.6 is 12.4 Å². The van der Waals surface area contributed by atoms with Crippen molar-refractivity contribution in [1.29, 1.82) is 0 Å². The molecule has 0 aliphatic carbocycles. The number of aromatic nitrogens is 3. The predicted octanol–water partition coefficient (Wildman–Crippen LogP) is 1.35. The van der Waals surface area contributed by atoms with Gasteiger partial charge in [0.1, 0.15) is 0 Å². The third kappa shape index (κ3) is 2.10. The van der Waals surface area contributed by atoms with Crippen molar-refractivity contribution in [3.8, 4) is 11.3 Å². The minimum Gasteiger partial charge on any atom is -0.325 e. The van der Waals surface area contributed by atoms with Gasteiger partial charge in [0.05, 0.1) is 5.69 Å². The molecule has 2 aromatic heterocycles. The van der Waals surface area contributed by atoms with E-state index < -0.39 is 0 Å². The van der Waals surface area contributed by atoms with Gasteiger partial charge in [-0.2, -0.15) is 5.10 Å². The molecule has 14 heavy (non-hydrogen) atoms. The highest BCUT2D eigenvalue weighted by atomic mass is 35.5. The molecule has 0 fully saturated rings. The average molecular weight is 211 g/mol. The van der Waals surface area contributed by atoms with Crippen LogP contribution in [0.25, 0.3) is 11.3 Å². The zero-order valence-electron chi connectivity index (χ0n) is 7.47. The maximum Gasteiger partial charge on any atom is 0.0939 e. The van der Waals surface area contributed by atoms with Crippen LogP contribution in [0.5, 0.6) is 0 Å². The molecule has 0 spiro atoms. The summed E-state index contributed by atoms with van der Waals surface area (Å²) in [5.74, 6) is 0. The summed E-state index contributed by atoms with van der Waals surface area (Å²) in [6.07, 6.45) is 3.51. The zero-order valence-corrected chi connectivity index (χ0v) is 8.29. The summed E-state index contributed by atoms with van der Waals surface area (Å²) in [5.41, 5.74) is 8.27. The fourth-order valence-electron chi connectivity index (χ4n) is 1.13. The number of H-pyrrole nitrogens is 1. The number of aromatic amines is 1. The molecule has 0 radical (unpaired) electrons. The van der Waals surface area contributed by atoms with Crippen LogP contribution < -0.4 is 5.73 Å². The lowest BCUT2D eigenvalue weighted by Crippen LogP contribution is -1.95. The molecule has 0 unspecified atom stereocenters. The van der Waals surface area contributed by atoms with Crippen molar-refractivity contribution in [3.05, 3.63) is 36.3 Å². The molecule has 0 aromatic carbocycles. The van der Waals surface area contributed by atoms with Crippen molar-refractivity contribution in [2.24, 2.45) is 5.73 Å². The Balaban J connectivity index is 0.000000980. The number of pyridine rings is 1. The smallest absolute Gasteiger partial charge is 0.0939 e. The van der Waals surface area contributed by atoms with Gasteiger partial charge in [0.2, 0.25) is 0 Å². The molecule has 74 valence electrons. The van der Waals surface area contributed by atoms with E-state index in [1.165, 1.54) is 0 Å². The first-order valence-corrected chi connectivity index (χ1v) is 4.05. The summed E-state index contributed by atoms with van der Waals surface area (Å²) in [6.45, 7) is 0.479. The first-order valence-electron chi connectivity index (χ1n) is 4.05. The highest BCUT2D eigenvalue weighted by molar-refractivity contribution is 5.85. The molecule has 0 atom stereocenters. The van der Waals surface area contributed by atoms with Gasteiger partial charge in [-0.3, -0.25) is 10.1 Å². The van der Waals surface area contributed by atoms with Crippen molar-refractivity contribution in [3.63, 3.8) is 0 Å². The summed E-state index contributed by atoms with van der Waals surface area (Å²) in [5, 5.41) is 6.96. The van der Waals surface area contributed by atoms with Gasteiger partial charge in [-0.05, 0) is 18.2 Å². The molecule has 3 N–H and O–H groups in total. The van der Waals surface area contributed by atoms with E-state index in [2.05, 4.69) is 15.2 Å². The maximum absolute atomic E-state index is 5.45. The van der Waals surface area contributed by atoms with E-state index in [4.69, 9.17) is 5.73 Å². The Morgan fingerprint density at radius 1 is 1.43 bits per heavy atom. The van der Waals surface area contributed by atoms with E-state index in [-0.39, 0.29) is 12.4 Å². The van der Waals surface area contributed by atoms with Gasteiger partial charge in [0.25, 0.3) is 0 Å². The molecule has 0 bridgehead atoms. The van der Waals surface area contributed by atoms with Crippen LogP contribution in [0, 0.1) is 0 Å². The van der Waals surface area contributed by atoms with Crippen LogP contribution in [0.2, 0.25) is 0 Å². The van der Waals surface area contributed by atoms with Crippen LogP contribution in [-0.2, 0) is 6.54 Å². The van der Waals surface area contributed by atoms with E-state index in [0.29, 0.717) is 6.54 Å². The number of nitrogens with one attached hydrogen (secondary N) is 1. The van der Waals surface area contributed by atoms with Gasteiger partial charge >= 0.3 is 0 Å². The van der Waals surface area contributed by atoms with Gasteiger partial charge in [-0.15, -0.1) is 12.4 Å². The fraction of sp³-hybridized carbons (Fsp3) is 0.111. The first-order chi connectivity index (χ1) is 6.40. The number of halogens is 1. The maximum atomic E-state index is 5.45. The van der Waals surface area contributed by atoms with E-state index in [0.717, 1.165) is 17.0 Å². The summed E-state index contributed by atoms with van der Waals surface area (Å²) in [4.78, 5) is 4.01. The van der Waals surface area contributed by atoms with E-state index in [9.17, 15) is 0 Å². The van der Waals surface area contributed by atoms with Crippen molar-refractivity contribution in [2.75, 3.05) is 0 Å². The summed E-state index contributed by atoms with van der Waals surface area (Å²) in [7, 11) is 0. The third-order valence-corrected chi connectivity index (χ3v) is 1.81. The summed E-state index contributed by atoms with van der Waals surface area (Å²) >= 11 is 0. The number of nitrogens with zero attached hydrogens (tertiary/aromatic N) is 2. The third-order valence-electron chi connectivity index (χ3n) is 1.81. The van der Waals surface area contributed by atoms with Gasteiger partial charge in [-0.25, -0.2) is 0 Å². The molecule has 5 heteroatoms. The van der Waals surface area contributed by atoms with E-state index in [1.54, 1.807) is 12.4 Å². The van der Waals surface area contributed by atoms with Crippen molar-refractivity contribution >= 4 is 12.4 Å². The van der Waals surface area contributed by atoms with E-state index in [1.807, 2.05) is 18.2 Å². The highest BCUT2D eigenvalue weighted by Gasteiger charge is 2.01. The lowest BCUT2D eigenvalue weighted by Gasteiger charge is -1.91. The van der Waals surface area contributed by atoms with Crippen LogP contribution in [-0.4, -0.2) is 15.2 Å². The van der Waals surface area contributed by atoms with E-state index >= 15 is 0 Å². The Bertz CT molecular complexity index is 385. The second kappa shape index (κ2) is 4.74. The van der Waals surface area contributed by atoms with Crippen LogP contribution in [0.1, 0.15) is 5.69 Å². The minimum absolute atomic E-state index is 0. The average Bonchev–Trinajstić information content (AvgIpc) is 2.67. The quantitative estimate of drug-likeness (QED) is 0.787. The van der Waals surface area contributed by atoms with Gasteiger partial charge in [0.15, 0.2) is 0 Å². The van der Waals surface area contributed by atoms with Crippen LogP contribution in [0.3, 0.4) is 0 Å². The predicted molar refractivity (Wildman–Crippen MR) is 57.0 cm³/mol. The molecular weight excluding hydrogens is 200 g/mol. The molecule has 0 saturated carbocycles. The summed E-state index contributed by atoms with van der Waals surface area (Å²) in [6, 6.07) is 5.77. The zero-order chi connectivity index (χ0) is 9.10. The molecule has 0 amide bonds. The van der Waals surface area contributed by atoms with Crippen LogP contribution in [0.15, 0.2) is 30.6 Å². The van der Waals surface area contributed by atoms with Crippen molar-refractivity contribution < 1.29 is 0 Å². The molecular formula is C9H11ClN4. The van der Waals surface area contributed by atoms with Crippen LogP contribution in [0.4, 0.5) is 0 Å². The first kappa shape index (κ1) is 10.7. The largest absolute Gasteiger partial charge is 0.325 e. The Hall–Kier alpha value is -1.39. The molecule has 0 saturated heterocycles. The Morgan fingerprint density at radius 2 is 2.29 bits per heavy atom. The lowest BCUT2D eigenvalue weighted by molar-refractivity contribution is 0.948. The Morgan fingerprint density at radius 3 is 2.86 bits per heavy atom. The molecule has 2 aromatic rings. The molecule has 0 aliphatic rings. The lowest BCUT2D eigenvalue weighted by atomic mass is 10.2. The van der Waals surface area contributed by atoms with Crippen molar-refractivity contribution in [2.45, 2.75) is 6.54 Å². The number of rotatable bonds is 2.